The monoisotopic (exact) mass is 596 g/mol. The molecule has 2 atom stereocenters. The summed E-state index contributed by atoms with van der Waals surface area (Å²) in [6.07, 6.45) is -2.96. The van der Waals surface area contributed by atoms with Gasteiger partial charge in [0.05, 0.1) is 7.11 Å². The van der Waals surface area contributed by atoms with Crippen LogP contribution >= 0.6 is 0 Å². The summed E-state index contributed by atoms with van der Waals surface area (Å²) < 4.78 is 77.1. The van der Waals surface area contributed by atoms with Crippen LogP contribution in [0.1, 0.15) is 12.0 Å². The first-order valence-corrected chi connectivity index (χ1v) is 13.7. The van der Waals surface area contributed by atoms with Crippen LogP contribution in [0.3, 0.4) is 0 Å². The molecule has 0 aliphatic carbocycles. The molecule has 3 N–H and O–H groups in total. The minimum atomic E-state index is -5.06. The Balaban J connectivity index is 1.61. The first kappa shape index (κ1) is 29.8. The second kappa shape index (κ2) is 11.4. The Morgan fingerprint density at radius 3 is 2.59 bits per heavy atom. The van der Waals surface area contributed by atoms with Gasteiger partial charge in [0, 0.05) is 44.8 Å². The van der Waals surface area contributed by atoms with Crippen molar-refractivity contribution in [2.45, 2.75) is 36.2 Å². The number of hydrogen-bond donors (Lipinski definition) is 2. The Bertz CT molecular complexity index is 1570. The Kier molecular flexibility index (Phi) is 8.26. The number of nitrogens with two attached hydrogens (primary N) is 1. The van der Waals surface area contributed by atoms with E-state index in [-0.39, 0.29) is 34.6 Å². The Hall–Kier alpha value is -4.18. The van der Waals surface area contributed by atoms with Gasteiger partial charge in [-0.25, -0.2) is 23.2 Å². The summed E-state index contributed by atoms with van der Waals surface area (Å²) in [6.45, 7) is -0.0660. The van der Waals surface area contributed by atoms with Crippen molar-refractivity contribution in [3.05, 3.63) is 48.3 Å². The van der Waals surface area contributed by atoms with E-state index in [9.17, 15) is 31.2 Å². The zero-order chi connectivity index (χ0) is 30.1. The molecule has 1 unspecified atom stereocenters. The normalized spacial score (nSPS) is 16.6. The molecule has 1 amide bonds. The average Bonchev–Trinajstić information content (AvgIpc) is 3.25. The minimum Gasteiger partial charge on any atom is -0.467 e. The molecular formula is C25H27F3N6O6S. The van der Waals surface area contributed by atoms with E-state index in [0.29, 0.717) is 11.2 Å². The number of methoxy groups -OCH3 is 1. The number of pyridine rings is 2. The van der Waals surface area contributed by atoms with Gasteiger partial charge in [-0.05, 0) is 47.7 Å². The smallest absolute Gasteiger partial charge is 0.467 e. The van der Waals surface area contributed by atoms with Gasteiger partial charge < -0.3 is 25.0 Å². The van der Waals surface area contributed by atoms with Crippen LogP contribution < -0.4 is 20.1 Å². The van der Waals surface area contributed by atoms with Gasteiger partial charge in [0.15, 0.2) is 0 Å². The van der Waals surface area contributed by atoms with Crippen molar-refractivity contribution in [2.75, 3.05) is 38.4 Å². The molecule has 1 aromatic carbocycles. The predicted molar refractivity (Wildman–Crippen MR) is 141 cm³/mol. The van der Waals surface area contributed by atoms with Crippen LogP contribution in [-0.2, 0) is 30.8 Å². The molecule has 1 aliphatic rings. The summed E-state index contributed by atoms with van der Waals surface area (Å²) in [4.78, 5) is 36.7. The number of fused-ring (bicyclic) bond motifs is 1. The Morgan fingerprint density at radius 1 is 1.24 bits per heavy atom. The molecule has 1 fully saturated rings. The molecule has 4 rings (SSSR count). The Morgan fingerprint density at radius 2 is 1.98 bits per heavy atom. The summed E-state index contributed by atoms with van der Waals surface area (Å²) in [5.74, 6) is -1.78. The standard InChI is InChI=1S/C25H27F3N6O6S/c1-33(2)21-5-4-16(13-31-21)41(37,38)32-18-7-9-34(23(18)35)19(24(36)39-3)11-15-10-14-6-8-30-22(29)17(14)12-20(15)40-25(26,27)28/h4-6,8,10,12-13,18-19,32H,7,9,11H2,1-3H3,(H2,29,30)/t18-,19?/m0/s1. The first-order chi connectivity index (χ1) is 19.2. The molecule has 3 aromatic rings. The number of alkyl halides is 3. The number of carbonyl (C=O) groups excluding carboxylic acids is 2. The highest BCUT2D eigenvalue weighted by molar-refractivity contribution is 7.89. The molecule has 220 valence electrons. The van der Waals surface area contributed by atoms with E-state index < -0.39 is 52.5 Å². The number of hydrogen-bond acceptors (Lipinski definition) is 10. The van der Waals surface area contributed by atoms with Gasteiger partial charge in [0.25, 0.3) is 0 Å². The highest BCUT2D eigenvalue weighted by atomic mass is 32.2. The van der Waals surface area contributed by atoms with Crippen molar-refractivity contribution in [3.8, 4) is 5.75 Å². The van der Waals surface area contributed by atoms with E-state index in [2.05, 4.69) is 19.4 Å². The van der Waals surface area contributed by atoms with Crippen molar-refractivity contribution in [3.63, 3.8) is 0 Å². The number of nitrogens with one attached hydrogen (secondary N) is 1. The molecule has 0 saturated carbocycles. The summed E-state index contributed by atoms with van der Waals surface area (Å²) in [5.41, 5.74) is 5.76. The predicted octanol–water partition coefficient (Wildman–Crippen LogP) is 1.84. The number of amides is 1. The van der Waals surface area contributed by atoms with Crippen LogP contribution in [0.4, 0.5) is 24.8 Å². The van der Waals surface area contributed by atoms with E-state index in [0.717, 1.165) is 24.3 Å². The maximum absolute atomic E-state index is 13.3. The van der Waals surface area contributed by atoms with Gasteiger partial charge in [-0.2, -0.15) is 4.72 Å². The number of halogens is 3. The number of aromatic nitrogens is 2. The largest absolute Gasteiger partial charge is 0.573 e. The summed E-state index contributed by atoms with van der Waals surface area (Å²) >= 11 is 0. The van der Waals surface area contributed by atoms with Crippen molar-refractivity contribution < 1.29 is 40.7 Å². The molecule has 16 heteroatoms. The zero-order valence-corrected chi connectivity index (χ0v) is 23.0. The third-order valence-electron chi connectivity index (χ3n) is 6.49. The fourth-order valence-electron chi connectivity index (χ4n) is 4.49. The lowest BCUT2D eigenvalue weighted by molar-refractivity contribution is -0.274. The number of ether oxygens (including phenoxy) is 2. The summed E-state index contributed by atoms with van der Waals surface area (Å²) in [6, 6.07) is 4.17. The van der Waals surface area contributed by atoms with Gasteiger partial charge in [-0.3, -0.25) is 4.79 Å². The lowest BCUT2D eigenvalue weighted by atomic mass is 10.00. The third-order valence-corrected chi connectivity index (χ3v) is 7.95. The number of nitrogens with zero attached hydrogens (tertiary/aromatic N) is 4. The molecule has 1 aliphatic heterocycles. The maximum Gasteiger partial charge on any atom is 0.573 e. The van der Waals surface area contributed by atoms with Gasteiger partial charge >= 0.3 is 12.3 Å². The molecular weight excluding hydrogens is 569 g/mol. The number of rotatable bonds is 9. The van der Waals surface area contributed by atoms with E-state index in [1.807, 2.05) is 0 Å². The van der Waals surface area contributed by atoms with E-state index in [1.54, 1.807) is 19.0 Å². The lowest BCUT2D eigenvalue weighted by Crippen LogP contribution is -2.48. The molecule has 1 saturated heterocycles. The highest BCUT2D eigenvalue weighted by Gasteiger charge is 2.42. The van der Waals surface area contributed by atoms with E-state index in [1.165, 1.54) is 30.5 Å². The number of anilines is 2. The van der Waals surface area contributed by atoms with Crippen LogP contribution in [0.2, 0.25) is 0 Å². The first-order valence-electron chi connectivity index (χ1n) is 12.2. The zero-order valence-electron chi connectivity index (χ0n) is 22.2. The molecule has 3 heterocycles. The topological polar surface area (TPSA) is 157 Å². The fraction of sp³-hybridized carbons (Fsp3) is 0.360. The van der Waals surface area contributed by atoms with Crippen LogP contribution in [-0.4, -0.2) is 81.4 Å². The van der Waals surface area contributed by atoms with Crippen molar-refractivity contribution in [1.82, 2.24) is 19.6 Å². The number of likely N-dealkylation sites (tertiary alicyclic amines) is 1. The van der Waals surface area contributed by atoms with E-state index >= 15 is 0 Å². The molecule has 0 spiro atoms. The molecule has 2 aromatic heterocycles. The van der Waals surface area contributed by atoms with Crippen molar-refractivity contribution in [1.29, 1.82) is 0 Å². The highest BCUT2D eigenvalue weighted by Crippen LogP contribution is 2.34. The van der Waals surface area contributed by atoms with Crippen molar-refractivity contribution in [2.24, 2.45) is 0 Å². The number of nitrogen functional groups attached to an aromatic ring is 1. The van der Waals surface area contributed by atoms with Crippen LogP contribution in [0.5, 0.6) is 5.75 Å². The molecule has 0 radical (unpaired) electrons. The van der Waals surface area contributed by atoms with Gasteiger partial charge in [-0.15, -0.1) is 13.2 Å². The summed E-state index contributed by atoms with van der Waals surface area (Å²) in [5, 5.41) is 0.628. The Labute approximate surface area is 233 Å². The number of esters is 1. The number of benzene rings is 1. The van der Waals surface area contributed by atoms with Gasteiger partial charge in [0.2, 0.25) is 15.9 Å². The second-order valence-corrected chi connectivity index (χ2v) is 11.1. The third kappa shape index (κ3) is 6.59. The van der Waals surface area contributed by atoms with Crippen LogP contribution in [0.15, 0.2) is 47.6 Å². The number of sulfonamides is 1. The minimum absolute atomic E-state index is 0.000594. The van der Waals surface area contributed by atoms with Crippen LogP contribution in [0, 0.1) is 0 Å². The van der Waals surface area contributed by atoms with E-state index in [4.69, 9.17) is 10.5 Å². The SMILES string of the molecule is COC(=O)C(Cc1cc2ccnc(N)c2cc1OC(F)(F)F)N1CC[C@H](NS(=O)(=O)c2ccc(N(C)C)nc2)C1=O. The average molecular weight is 597 g/mol. The van der Waals surface area contributed by atoms with Gasteiger partial charge in [0.1, 0.15) is 34.4 Å². The molecule has 12 nitrogen and oxygen atoms in total. The van der Waals surface area contributed by atoms with Crippen LogP contribution in [0.25, 0.3) is 10.8 Å². The second-order valence-electron chi connectivity index (χ2n) is 9.41. The quantitative estimate of drug-likeness (QED) is 0.349. The fourth-order valence-corrected chi connectivity index (χ4v) is 5.66. The number of carbonyl (C=O) groups is 2. The lowest BCUT2D eigenvalue weighted by Gasteiger charge is -2.27. The molecule has 41 heavy (non-hydrogen) atoms. The van der Waals surface area contributed by atoms with Gasteiger partial charge in [-0.1, -0.05) is 0 Å². The molecule has 0 bridgehead atoms. The maximum atomic E-state index is 13.3. The van der Waals surface area contributed by atoms with Crippen molar-refractivity contribution >= 4 is 44.3 Å². The summed E-state index contributed by atoms with van der Waals surface area (Å²) in [7, 11) is 0.378.